The zero-order valence-corrected chi connectivity index (χ0v) is 16.6. The van der Waals surface area contributed by atoms with Crippen LogP contribution in [-0.2, 0) is 4.79 Å². The molecule has 4 heteroatoms. The molecule has 3 nitrogen and oxygen atoms in total. The van der Waals surface area contributed by atoms with Crippen molar-refractivity contribution in [3.8, 4) is 0 Å². The average molecular weight is 318 g/mol. The van der Waals surface area contributed by atoms with Gasteiger partial charge in [0.2, 0.25) is 0 Å². The maximum absolute atomic E-state index is 9.17. The summed E-state index contributed by atoms with van der Waals surface area (Å²) in [6.07, 6.45) is 3.44. The van der Waals surface area contributed by atoms with Crippen LogP contribution < -0.4 is 63.5 Å². The van der Waals surface area contributed by atoms with Crippen molar-refractivity contribution in [1.29, 1.82) is 0 Å². The normalized spacial score (nSPS) is 7.94. The summed E-state index contributed by atoms with van der Waals surface area (Å²) in [5, 5.41) is 3.52. The van der Waals surface area contributed by atoms with Crippen molar-refractivity contribution in [2.75, 3.05) is 6.54 Å². The van der Waals surface area contributed by atoms with Crippen molar-refractivity contribution < 1.29 is 63.0 Å². The number of carbonyl (C=O) groups excluding carboxylic acids is 1. The van der Waals surface area contributed by atoms with Crippen molar-refractivity contribution in [2.24, 2.45) is 0 Å². The summed E-state index contributed by atoms with van der Waals surface area (Å²) in [7, 11) is 0. The smallest absolute Gasteiger partial charge is 0.530 e. The van der Waals surface area contributed by atoms with Gasteiger partial charge in [0, 0.05) is 0 Å². The Bertz CT molecular complexity index is 426. The number of para-hydroxylation sites is 1. The summed E-state index contributed by atoms with van der Waals surface area (Å²) >= 11 is 0. The van der Waals surface area contributed by atoms with E-state index in [2.05, 4.69) is 23.3 Å². The molecule has 1 aromatic carbocycles. The average Bonchev–Trinajstić information content (AvgIpc) is 2.76. The summed E-state index contributed by atoms with van der Waals surface area (Å²) in [6.45, 7) is 10.4. The third-order valence-corrected chi connectivity index (χ3v) is 1.92. The van der Waals surface area contributed by atoms with Crippen LogP contribution in [0.3, 0.4) is 0 Å². The molecule has 0 aliphatic carbocycles. The van der Waals surface area contributed by atoms with E-state index in [9.17, 15) is 0 Å². The molecule has 18 heavy (non-hydrogen) atoms. The van der Waals surface area contributed by atoms with E-state index < -0.39 is 0 Å². The Morgan fingerprint density at radius 1 is 1.33 bits per heavy atom. The van der Waals surface area contributed by atoms with Crippen LogP contribution in [0.4, 0.5) is 0 Å². The van der Waals surface area contributed by atoms with Crippen LogP contribution in [0.5, 0.6) is 0 Å². The molecule has 94 valence electrons. The number of aromatic nitrogens is 1. The van der Waals surface area contributed by atoms with Crippen LogP contribution in [0.1, 0.15) is 26.3 Å². The fourth-order valence-corrected chi connectivity index (χ4v) is 1.20. The molecule has 2 rings (SSSR count). The minimum Gasteiger partial charge on any atom is -0.530 e. The number of hydrogen-bond acceptors (Lipinski definition) is 1. The van der Waals surface area contributed by atoms with Crippen molar-refractivity contribution in [3.63, 3.8) is 0 Å². The molecule has 0 saturated heterocycles. The molecule has 0 aliphatic heterocycles. The molecule has 2 aromatic rings. The Labute approximate surface area is 159 Å². The van der Waals surface area contributed by atoms with E-state index in [0.717, 1.165) is 11.1 Å². The van der Waals surface area contributed by atoms with E-state index in [1.807, 2.05) is 45.2 Å². The van der Waals surface area contributed by atoms with E-state index in [-0.39, 0.29) is 58.2 Å². The fraction of sp³-hybridized carbons (Fsp3) is 0.286. The Morgan fingerprint density at radius 2 is 1.94 bits per heavy atom. The molecule has 0 unspecified atom stereocenters. The third kappa shape index (κ3) is 7.36. The predicted octanol–water partition coefficient (Wildman–Crippen LogP) is 0.0434. The molecule has 0 bridgehead atoms. The second-order valence-electron chi connectivity index (χ2n) is 2.99. The molecule has 0 spiro atoms. The zero-order chi connectivity index (χ0) is 13.1. The van der Waals surface area contributed by atoms with Crippen LogP contribution in [0, 0.1) is 6.92 Å². The van der Waals surface area contributed by atoms with Gasteiger partial charge >= 0.3 is 58.2 Å². The minimum atomic E-state index is 0. The van der Waals surface area contributed by atoms with Gasteiger partial charge in [0.15, 0.2) is 0 Å². The van der Waals surface area contributed by atoms with E-state index in [1.165, 1.54) is 11.8 Å². The number of aromatic amines is 1. The van der Waals surface area contributed by atoms with Gasteiger partial charge in [0.25, 0.3) is 0 Å². The van der Waals surface area contributed by atoms with E-state index >= 15 is 0 Å². The van der Waals surface area contributed by atoms with E-state index in [0.29, 0.717) is 6.54 Å². The van der Waals surface area contributed by atoms with Gasteiger partial charge in [0.1, 0.15) is 0 Å². The monoisotopic (exact) mass is 317 g/mol. The predicted molar refractivity (Wildman–Crippen MR) is 73.5 cm³/mol. The number of nitrogens with one attached hydrogen (secondary N) is 2. The van der Waals surface area contributed by atoms with Gasteiger partial charge in [-0.05, 0) is 12.1 Å². The number of amides is 1. The van der Waals surface area contributed by atoms with Crippen LogP contribution in [0.15, 0.2) is 30.5 Å². The first-order valence-electron chi connectivity index (χ1n) is 5.77. The zero-order valence-electron chi connectivity index (χ0n) is 11.7. The number of fused-ring (bicyclic) bond motifs is 1. The molecule has 0 atom stereocenters. The summed E-state index contributed by atoms with van der Waals surface area (Å²) in [6, 6.07) is 8.14. The van der Waals surface area contributed by atoms with E-state index in [1.54, 1.807) is 0 Å². The van der Waals surface area contributed by atoms with Crippen molar-refractivity contribution in [3.05, 3.63) is 42.9 Å². The van der Waals surface area contributed by atoms with Crippen LogP contribution in [-0.4, -0.2) is 17.9 Å². The van der Waals surface area contributed by atoms with Gasteiger partial charge < -0.3 is 15.1 Å². The van der Waals surface area contributed by atoms with Gasteiger partial charge in [-0.1, -0.05) is 39.0 Å². The van der Waals surface area contributed by atoms with Crippen molar-refractivity contribution >= 4 is 17.3 Å². The van der Waals surface area contributed by atoms with Crippen molar-refractivity contribution in [1.82, 2.24) is 10.3 Å². The topological polar surface area (TPSA) is 44.9 Å². The Hall–Kier alpha value is -0.0948. The maximum Gasteiger partial charge on any atom is 1.00 e. The van der Waals surface area contributed by atoms with Gasteiger partial charge in [-0.15, -0.1) is 17.6 Å². The van der Waals surface area contributed by atoms with Crippen LogP contribution in [0.2, 0.25) is 0 Å². The second kappa shape index (κ2) is 13.3. The van der Waals surface area contributed by atoms with Crippen LogP contribution >= 0.6 is 0 Å². The Kier molecular flexibility index (Phi) is 15.0. The molecule has 0 aliphatic rings. The third-order valence-electron chi connectivity index (χ3n) is 1.92. The SMILES string of the molecule is CC.CCN[C-]=O.[CH2-]c1c[nH]c2ccccc12.[Rb+]. The molecular formula is C14H20N2ORb-. The molecule has 1 amide bonds. The first kappa shape index (κ1) is 20.2. The molecule has 0 saturated carbocycles. The van der Waals surface area contributed by atoms with Crippen molar-refractivity contribution in [2.45, 2.75) is 20.8 Å². The Balaban J connectivity index is 0. The number of rotatable bonds is 2. The number of hydrogen-bond donors (Lipinski definition) is 2. The van der Waals surface area contributed by atoms with Gasteiger partial charge in [-0.25, -0.2) is 0 Å². The molecule has 1 heterocycles. The summed E-state index contributed by atoms with van der Waals surface area (Å²) in [5.74, 6) is 0. The maximum atomic E-state index is 9.17. The van der Waals surface area contributed by atoms with Crippen LogP contribution in [0.25, 0.3) is 10.9 Å². The first-order chi connectivity index (χ1) is 8.29. The first-order valence-corrected chi connectivity index (χ1v) is 5.77. The minimum absolute atomic E-state index is 0. The second-order valence-corrected chi connectivity index (χ2v) is 2.99. The van der Waals surface area contributed by atoms with Gasteiger partial charge in [-0.2, -0.15) is 18.9 Å². The molecule has 1 aromatic heterocycles. The largest absolute Gasteiger partial charge is 1.00 e. The molecule has 0 fully saturated rings. The standard InChI is InChI=1S/C9H8N.C3H6NO.C2H6.Rb/c1-7-6-10-9-5-3-2-4-8(7)9;1-2-4-3-5;1-2;/h2-6,10H,1H2;2H2,1H3,(H,4,5);1-2H3;/q2*-1;;+1. The number of H-pyrrole nitrogens is 1. The molecular weight excluding hydrogens is 298 g/mol. The Morgan fingerprint density at radius 3 is 2.39 bits per heavy atom. The van der Waals surface area contributed by atoms with Gasteiger partial charge in [0.05, 0.1) is 0 Å². The number of benzene rings is 1. The quantitative estimate of drug-likeness (QED) is 0.596. The fourth-order valence-electron chi connectivity index (χ4n) is 1.20. The summed E-state index contributed by atoms with van der Waals surface area (Å²) in [5.41, 5.74) is 2.23. The summed E-state index contributed by atoms with van der Waals surface area (Å²) in [4.78, 5) is 12.3. The van der Waals surface area contributed by atoms with E-state index in [4.69, 9.17) is 4.79 Å². The molecule has 0 radical (unpaired) electrons. The molecule has 2 N–H and O–H groups in total. The van der Waals surface area contributed by atoms with Gasteiger partial charge in [-0.3, -0.25) is 0 Å². The summed E-state index contributed by atoms with van der Waals surface area (Å²) < 4.78 is 0.